The Morgan fingerprint density at radius 1 is 1.48 bits per heavy atom. The number of thiophene rings is 1. The second kappa shape index (κ2) is 6.95. The number of nitrogens with two attached hydrogens (primary N) is 1. The van der Waals surface area contributed by atoms with Gasteiger partial charge in [-0.15, -0.1) is 17.9 Å². The van der Waals surface area contributed by atoms with E-state index in [1.807, 2.05) is 6.92 Å². The summed E-state index contributed by atoms with van der Waals surface area (Å²) in [7, 11) is -1.74. The third kappa shape index (κ3) is 3.56. The number of nitrogen functional groups attached to an aromatic ring is 1. The third-order valence-electron chi connectivity index (χ3n) is 3.01. The smallest absolute Gasteiger partial charge is 0.263 e. The van der Waals surface area contributed by atoms with Gasteiger partial charge in [-0.05, 0) is 6.92 Å². The van der Waals surface area contributed by atoms with Crippen LogP contribution in [-0.2, 0) is 9.84 Å². The SMILES string of the molecule is C=CCNC(=O)c1sc(N(C)CC)c(S(=O)(=O)CC)c1N. The monoisotopic (exact) mass is 331 g/mol. The van der Waals surface area contributed by atoms with Crippen molar-refractivity contribution < 1.29 is 13.2 Å². The molecule has 3 N–H and O–H groups in total. The maximum Gasteiger partial charge on any atom is 0.263 e. The van der Waals surface area contributed by atoms with Crippen molar-refractivity contribution in [2.75, 3.05) is 36.5 Å². The fraction of sp³-hybridized carbons (Fsp3) is 0.462. The van der Waals surface area contributed by atoms with E-state index in [1.165, 1.54) is 0 Å². The molecule has 0 aliphatic carbocycles. The first-order chi connectivity index (χ1) is 9.80. The topological polar surface area (TPSA) is 92.5 Å². The molecule has 0 spiro atoms. The van der Waals surface area contributed by atoms with Crippen LogP contribution in [0, 0.1) is 0 Å². The first-order valence-corrected chi connectivity index (χ1v) is 9.02. The standard InChI is InChI=1S/C13H21N3O3S2/c1-5-8-15-12(17)10-9(14)11(21(18,19)7-3)13(20-10)16(4)6-2/h5H,1,6-8,14H2,2-4H3,(H,15,17). The number of hydrogen-bond donors (Lipinski definition) is 2. The number of hydrogen-bond acceptors (Lipinski definition) is 6. The van der Waals surface area contributed by atoms with Crippen molar-refractivity contribution in [3.63, 3.8) is 0 Å². The minimum atomic E-state index is -3.50. The van der Waals surface area contributed by atoms with E-state index in [0.717, 1.165) is 11.3 Å². The molecule has 0 atom stereocenters. The number of nitrogens with one attached hydrogen (secondary N) is 1. The number of anilines is 2. The van der Waals surface area contributed by atoms with Crippen molar-refractivity contribution in [2.45, 2.75) is 18.7 Å². The lowest BCUT2D eigenvalue weighted by atomic mass is 10.3. The summed E-state index contributed by atoms with van der Waals surface area (Å²) < 4.78 is 24.5. The molecule has 8 heteroatoms. The molecule has 1 aromatic heterocycles. The fourth-order valence-electron chi connectivity index (χ4n) is 1.67. The lowest BCUT2D eigenvalue weighted by Gasteiger charge is -2.16. The molecule has 6 nitrogen and oxygen atoms in total. The highest BCUT2D eigenvalue weighted by molar-refractivity contribution is 7.92. The maximum atomic E-state index is 12.3. The van der Waals surface area contributed by atoms with Gasteiger partial charge in [0.05, 0.1) is 11.4 Å². The van der Waals surface area contributed by atoms with E-state index in [0.29, 0.717) is 18.1 Å². The van der Waals surface area contributed by atoms with Crippen LogP contribution in [0.5, 0.6) is 0 Å². The van der Waals surface area contributed by atoms with Gasteiger partial charge < -0.3 is 16.0 Å². The molecule has 0 unspecified atom stereocenters. The Morgan fingerprint density at radius 2 is 2.10 bits per heavy atom. The van der Waals surface area contributed by atoms with Crippen LogP contribution < -0.4 is 16.0 Å². The molecule has 0 aliphatic heterocycles. The average molecular weight is 331 g/mol. The van der Waals surface area contributed by atoms with Gasteiger partial charge in [-0.1, -0.05) is 13.0 Å². The predicted octanol–water partition coefficient (Wildman–Crippen LogP) is 1.50. The maximum absolute atomic E-state index is 12.3. The van der Waals surface area contributed by atoms with Crippen LogP contribution in [0.4, 0.5) is 10.7 Å². The molecule has 0 aromatic carbocycles. The molecule has 0 radical (unpaired) electrons. The first kappa shape index (κ1) is 17.5. The average Bonchev–Trinajstić information content (AvgIpc) is 2.82. The lowest BCUT2D eigenvalue weighted by molar-refractivity contribution is 0.0963. The van der Waals surface area contributed by atoms with Crippen molar-refractivity contribution in [1.82, 2.24) is 5.32 Å². The van der Waals surface area contributed by atoms with E-state index < -0.39 is 9.84 Å². The number of carbonyl (C=O) groups is 1. The van der Waals surface area contributed by atoms with E-state index in [9.17, 15) is 13.2 Å². The van der Waals surface area contributed by atoms with Crippen LogP contribution >= 0.6 is 11.3 Å². The first-order valence-electron chi connectivity index (χ1n) is 6.55. The van der Waals surface area contributed by atoms with Crippen molar-refractivity contribution in [1.29, 1.82) is 0 Å². The Kier molecular flexibility index (Phi) is 5.79. The van der Waals surface area contributed by atoms with E-state index in [2.05, 4.69) is 11.9 Å². The second-order valence-corrected chi connectivity index (χ2v) is 7.61. The number of sulfone groups is 1. The molecule has 0 fully saturated rings. The fourth-order valence-corrected chi connectivity index (χ4v) is 4.45. The van der Waals surface area contributed by atoms with Crippen LogP contribution in [0.3, 0.4) is 0 Å². The highest BCUT2D eigenvalue weighted by Crippen LogP contribution is 2.41. The number of nitrogens with zero attached hydrogens (tertiary/aromatic N) is 1. The van der Waals surface area contributed by atoms with Gasteiger partial charge in [0.2, 0.25) is 0 Å². The molecule has 1 heterocycles. The summed E-state index contributed by atoms with van der Waals surface area (Å²) in [6, 6.07) is 0. The number of carbonyl (C=O) groups excluding carboxylic acids is 1. The minimum absolute atomic E-state index is 0.0266. The molecular weight excluding hydrogens is 310 g/mol. The second-order valence-electron chi connectivity index (χ2n) is 4.40. The van der Waals surface area contributed by atoms with Gasteiger partial charge in [-0.2, -0.15) is 0 Å². The highest BCUT2D eigenvalue weighted by Gasteiger charge is 2.29. The molecule has 118 valence electrons. The third-order valence-corrected chi connectivity index (χ3v) is 6.25. The van der Waals surface area contributed by atoms with Crippen LogP contribution in [0.1, 0.15) is 23.5 Å². The Hall–Kier alpha value is -1.54. The minimum Gasteiger partial charge on any atom is -0.396 e. The molecule has 0 aliphatic rings. The van der Waals surface area contributed by atoms with Crippen LogP contribution in [0.15, 0.2) is 17.6 Å². The summed E-state index contributed by atoms with van der Waals surface area (Å²) in [6.45, 7) is 7.88. The summed E-state index contributed by atoms with van der Waals surface area (Å²) in [4.78, 5) is 14.1. The van der Waals surface area contributed by atoms with Gasteiger partial charge in [-0.25, -0.2) is 8.42 Å². The van der Waals surface area contributed by atoms with E-state index >= 15 is 0 Å². The Morgan fingerprint density at radius 3 is 2.57 bits per heavy atom. The summed E-state index contributed by atoms with van der Waals surface area (Å²) in [5.74, 6) is -0.452. The van der Waals surface area contributed by atoms with Gasteiger partial charge in [0.15, 0.2) is 9.84 Å². The summed E-state index contributed by atoms with van der Waals surface area (Å²) in [5, 5.41) is 3.12. The Bertz CT molecular complexity index is 635. The van der Waals surface area contributed by atoms with Crippen molar-refractivity contribution in [2.24, 2.45) is 0 Å². The molecule has 21 heavy (non-hydrogen) atoms. The number of amides is 1. The van der Waals surface area contributed by atoms with Crippen molar-refractivity contribution >= 4 is 37.8 Å². The van der Waals surface area contributed by atoms with Crippen LogP contribution in [0.2, 0.25) is 0 Å². The van der Waals surface area contributed by atoms with E-state index in [4.69, 9.17) is 5.73 Å². The zero-order valence-corrected chi connectivity index (χ0v) is 14.1. The molecule has 0 saturated carbocycles. The molecule has 0 bridgehead atoms. The quantitative estimate of drug-likeness (QED) is 0.739. The van der Waals surface area contributed by atoms with E-state index in [1.54, 1.807) is 24.9 Å². The van der Waals surface area contributed by atoms with Crippen LogP contribution in [-0.4, -0.2) is 40.2 Å². The van der Waals surface area contributed by atoms with Crippen LogP contribution in [0.25, 0.3) is 0 Å². The Balaban J connectivity index is 3.45. The van der Waals surface area contributed by atoms with Gasteiger partial charge >= 0.3 is 0 Å². The molecule has 1 aromatic rings. The van der Waals surface area contributed by atoms with Crippen molar-refractivity contribution in [3.05, 3.63) is 17.5 Å². The molecule has 1 rings (SSSR count). The summed E-state index contributed by atoms with van der Waals surface area (Å²) in [5.41, 5.74) is 5.98. The predicted molar refractivity (Wildman–Crippen MR) is 87.9 cm³/mol. The largest absolute Gasteiger partial charge is 0.396 e. The molecular formula is C13H21N3O3S2. The Labute approximate surface area is 129 Å². The van der Waals surface area contributed by atoms with E-state index in [-0.39, 0.29) is 27.1 Å². The highest BCUT2D eigenvalue weighted by atomic mass is 32.2. The lowest BCUT2D eigenvalue weighted by Crippen LogP contribution is -2.23. The molecule has 1 amide bonds. The zero-order chi connectivity index (χ0) is 16.2. The van der Waals surface area contributed by atoms with Gasteiger partial charge in [-0.3, -0.25) is 4.79 Å². The van der Waals surface area contributed by atoms with Gasteiger partial charge in [0, 0.05) is 20.1 Å². The zero-order valence-electron chi connectivity index (χ0n) is 12.5. The summed E-state index contributed by atoms with van der Waals surface area (Å²) in [6.07, 6.45) is 1.55. The molecule has 0 saturated heterocycles. The van der Waals surface area contributed by atoms with Gasteiger partial charge in [0.25, 0.3) is 5.91 Å². The number of rotatable bonds is 7. The van der Waals surface area contributed by atoms with Crippen molar-refractivity contribution in [3.8, 4) is 0 Å². The van der Waals surface area contributed by atoms with Gasteiger partial charge in [0.1, 0.15) is 14.8 Å². The normalized spacial score (nSPS) is 11.2. The summed E-state index contributed by atoms with van der Waals surface area (Å²) >= 11 is 1.10.